The minimum absolute atomic E-state index is 0.0992. The molecule has 17 heavy (non-hydrogen) atoms. The SMILES string of the molecule is COC1CCN(c2ccc(Br)cc2C(C)=O)C1. The molecule has 92 valence electrons. The number of carbonyl (C=O) groups is 1. The van der Waals surface area contributed by atoms with Crippen molar-refractivity contribution in [3.05, 3.63) is 28.2 Å². The largest absolute Gasteiger partial charge is 0.380 e. The van der Waals surface area contributed by atoms with Gasteiger partial charge >= 0.3 is 0 Å². The van der Waals surface area contributed by atoms with Crippen molar-refractivity contribution in [1.29, 1.82) is 0 Å². The molecule has 1 aliphatic heterocycles. The molecule has 1 heterocycles. The van der Waals surface area contributed by atoms with E-state index in [1.165, 1.54) is 0 Å². The minimum atomic E-state index is 0.0992. The van der Waals surface area contributed by atoms with E-state index in [2.05, 4.69) is 20.8 Å². The second-order valence-corrected chi connectivity index (χ2v) is 5.23. The van der Waals surface area contributed by atoms with Crippen LogP contribution in [0.25, 0.3) is 0 Å². The maximum Gasteiger partial charge on any atom is 0.161 e. The van der Waals surface area contributed by atoms with Crippen LogP contribution in [-0.4, -0.2) is 32.1 Å². The van der Waals surface area contributed by atoms with Gasteiger partial charge in [-0.2, -0.15) is 0 Å². The van der Waals surface area contributed by atoms with Crippen LogP contribution in [0.5, 0.6) is 0 Å². The van der Waals surface area contributed by atoms with E-state index in [4.69, 9.17) is 4.74 Å². The van der Waals surface area contributed by atoms with Crippen LogP contribution < -0.4 is 4.90 Å². The van der Waals surface area contributed by atoms with Crippen molar-refractivity contribution in [3.8, 4) is 0 Å². The van der Waals surface area contributed by atoms with E-state index in [9.17, 15) is 4.79 Å². The first-order valence-corrected chi connectivity index (χ1v) is 6.49. The summed E-state index contributed by atoms with van der Waals surface area (Å²) in [5, 5.41) is 0. The summed E-state index contributed by atoms with van der Waals surface area (Å²) in [5.74, 6) is 0.0992. The average molecular weight is 298 g/mol. The lowest BCUT2D eigenvalue weighted by molar-refractivity contribution is 0.101. The number of methoxy groups -OCH3 is 1. The number of hydrogen-bond acceptors (Lipinski definition) is 3. The number of carbonyl (C=O) groups excluding carboxylic acids is 1. The van der Waals surface area contributed by atoms with Gasteiger partial charge in [0.1, 0.15) is 0 Å². The smallest absolute Gasteiger partial charge is 0.161 e. The quantitative estimate of drug-likeness (QED) is 0.804. The number of rotatable bonds is 3. The molecule has 1 atom stereocenters. The predicted molar refractivity (Wildman–Crippen MR) is 71.8 cm³/mol. The van der Waals surface area contributed by atoms with Crippen molar-refractivity contribution in [1.82, 2.24) is 0 Å². The van der Waals surface area contributed by atoms with Gasteiger partial charge in [-0.15, -0.1) is 0 Å². The Hall–Kier alpha value is -0.870. The molecule has 1 aromatic rings. The summed E-state index contributed by atoms with van der Waals surface area (Å²) in [7, 11) is 1.74. The topological polar surface area (TPSA) is 29.5 Å². The standard InChI is InChI=1S/C13H16BrNO2/c1-9(16)12-7-10(14)3-4-13(12)15-6-5-11(8-15)17-2/h3-4,7,11H,5-6,8H2,1-2H3. The Kier molecular flexibility index (Phi) is 3.84. The van der Waals surface area contributed by atoms with Gasteiger partial charge in [0, 0.05) is 35.9 Å². The zero-order chi connectivity index (χ0) is 12.4. The second-order valence-electron chi connectivity index (χ2n) is 4.31. The van der Waals surface area contributed by atoms with Gasteiger partial charge in [-0.3, -0.25) is 4.79 Å². The third-order valence-corrected chi connectivity index (χ3v) is 3.65. The van der Waals surface area contributed by atoms with Crippen LogP contribution in [0.2, 0.25) is 0 Å². The Morgan fingerprint density at radius 3 is 2.88 bits per heavy atom. The van der Waals surface area contributed by atoms with E-state index in [-0.39, 0.29) is 11.9 Å². The van der Waals surface area contributed by atoms with E-state index >= 15 is 0 Å². The molecule has 0 saturated carbocycles. The molecule has 0 aromatic heterocycles. The molecule has 0 bridgehead atoms. The normalized spacial score (nSPS) is 19.7. The molecule has 1 aliphatic rings. The lowest BCUT2D eigenvalue weighted by Gasteiger charge is -2.21. The molecule has 1 aromatic carbocycles. The summed E-state index contributed by atoms with van der Waals surface area (Å²) >= 11 is 3.40. The van der Waals surface area contributed by atoms with Gasteiger partial charge in [-0.25, -0.2) is 0 Å². The molecule has 0 spiro atoms. The molecule has 0 N–H and O–H groups in total. The summed E-state index contributed by atoms with van der Waals surface area (Å²) in [4.78, 5) is 13.9. The third-order valence-electron chi connectivity index (χ3n) is 3.16. The second kappa shape index (κ2) is 5.19. The van der Waals surface area contributed by atoms with Gasteiger partial charge < -0.3 is 9.64 Å². The molecule has 1 unspecified atom stereocenters. The van der Waals surface area contributed by atoms with Gasteiger partial charge in [0.25, 0.3) is 0 Å². The Balaban J connectivity index is 2.29. The number of nitrogens with zero attached hydrogens (tertiary/aromatic N) is 1. The molecular weight excluding hydrogens is 282 g/mol. The lowest BCUT2D eigenvalue weighted by atomic mass is 10.1. The highest BCUT2D eigenvalue weighted by Gasteiger charge is 2.24. The van der Waals surface area contributed by atoms with Gasteiger partial charge in [-0.1, -0.05) is 15.9 Å². The maximum atomic E-state index is 11.6. The van der Waals surface area contributed by atoms with Crippen molar-refractivity contribution < 1.29 is 9.53 Å². The average Bonchev–Trinajstić information content (AvgIpc) is 2.77. The van der Waals surface area contributed by atoms with Gasteiger partial charge in [0.15, 0.2) is 5.78 Å². The van der Waals surface area contributed by atoms with Crippen LogP contribution in [0.4, 0.5) is 5.69 Å². The fraction of sp³-hybridized carbons (Fsp3) is 0.462. The van der Waals surface area contributed by atoms with Crippen molar-refractivity contribution >= 4 is 27.4 Å². The zero-order valence-electron chi connectivity index (χ0n) is 10.1. The highest BCUT2D eigenvalue weighted by atomic mass is 79.9. The molecule has 0 radical (unpaired) electrons. The van der Waals surface area contributed by atoms with Crippen LogP contribution in [-0.2, 0) is 4.74 Å². The molecule has 3 nitrogen and oxygen atoms in total. The Morgan fingerprint density at radius 2 is 2.29 bits per heavy atom. The van der Waals surface area contributed by atoms with Crippen molar-refractivity contribution in [2.75, 3.05) is 25.1 Å². The van der Waals surface area contributed by atoms with Crippen LogP contribution in [0.1, 0.15) is 23.7 Å². The number of ketones is 1. The van der Waals surface area contributed by atoms with Crippen LogP contribution >= 0.6 is 15.9 Å². The first-order valence-electron chi connectivity index (χ1n) is 5.70. The van der Waals surface area contributed by atoms with Gasteiger partial charge in [-0.05, 0) is 31.5 Å². The van der Waals surface area contributed by atoms with Crippen molar-refractivity contribution in [2.45, 2.75) is 19.4 Å². The fourth-order valence-corrected chi connectivity index (χ4v) is 2.57. The maximum absolute atomic E-state index is 11.6. The molecular formula is C13H16BrNO2. The van der Waals surface area contributed by atoms with Crippen molar-refractivity contribution in [3.63, 3.8) is 0 Å². The Labute approximate surface area is 110 Å². The van der Waals surface area contributed by atoms with E-state index in [0.717, 1.165) is 35.2 Å². The number of halogens is 1. The monoisotopic (exact) mass is 297 g/mol. The van der Waals surface area contributed by atoms with Crippen molar-refractivity contribution in [2.24, 2.45) is 0 Å². The first-order chi connectivity index (χ1) is 8.11. The van der Waals surface area contributed by atoms with Crippen LogP contribution in [0.3, 0.4) is 0 Å². The summed E-state index contributed by atoms with van der Waals surface area (Å²) < 4.78 is 6.29. The number of anilines is 1. The van der Waals surface area contributed by atoms with Crippen LogP contribution in [0.15, 0.2) is 22.7 Å². The number of benzene rings is 1. The molecule has 0 aliphatic carbocycles. The number of hydrogen-bond donors (Lipinski definition) is 0. The van der Waals surface area contributed by atoms with E-state index in [1.807, 2.05) is 18.2 Å². The molecule has 1 saturated heterocycles. The summed E-state index contributed by atoms with van der Waals surface area (Å²) in [6.07, 6.45) is 1.29. The molecule has 4 heteroatoms. The fourth-order valence-electron chi connectivity index (χ4n) is 2.21. The number of Topliss-reactive ketones (excluding diaryl/α,β-unsaturated/α-hetero) is 1. The molecule has 1 fully saturated rings. The van der Waals surface area contributed by atoms with Gasteiger partial charge in [0.2, 0.25) is 0 Å². The minimum Gasteiger partial charge on any atom is -0.380 e. The zero-order valence-corrected chi connectivity index (χ0v) is 11.7. The summed E-state index contributed by atoms with van der Waals surface area (Å²) in [5.41, 5.74) is 1.79. The Morgan fingerprint density at radius 1 is 1.53 bits per heavy atom. The highest BCUT2D eigenvalue weighted by molar-refractivity contribution is 9.10. The van der Waals surface area contributed by atoms with E-state index in [0.29, 0.717) is 0 Å². The van der Waals surface area contributed by atoms with E-state index in [1.54, 1.807) is 14.0 Å². The summed E-state index contributed by atoms with van der Waals surface area (Å²) in [6.45, 7) is 3.41. The highest BCUT2D eigenvalue weighted by Crippen LogP contribution is 2.28. The summed E-state index contributed by atoms with van der Waals surface area (Å²) in [6, 6.07) is 5.86. The predicted octanol–water partition coefficient (Wildman–Crippen LogP) is 2.88. The third kappa shape index (κ3) is 2.69. The van der Waals surface area contributed by atoms with E-state index < -0.39 is 0 Å². The first kappa shape index (κ1) is 12.6. The lowest BCUT2D eigenvalue weighted by Crippen LogP contribution is -2.23. The molecule has 2 rings (SSSR count). The van der Waals surface area contributed by atoms with Crippen LogP contribution in [0, 0.1) is 0 Å². The number of ether oxygens (including phenoxy) is 1. The molecule has 0 amide bonds. The Bertz CT molecular complexity index is 433. The van der Waals surface area contributed by atoms with Gasteiger partial charge in [0.05, 0.1) is 6.10 Å².